The summed E-state index contributed by atoms with van der Waals surface area (Å²) in [6.07, 6.45) is 3.18. The molecule has 5 heteroatoms. The fourth-order valence-electron chi connectivity index (χ4n) is 1.54. The fraction of sp³-hybridized carbons (Fsp3) is 0. The molecule has 3 N–H and O–H groups in total. The van der Waals surface area contributed by atoms with Gasteiger partial charge in [-0.25, -0.2) is 0 Å². The van der Waals surface area contributed by atoms with Gasteiger partial charge in [0.25, 0.3) is 0 Å². The molecule has 0 spiro atoms. The lowest BCUT2D eigenvalue weighted by molar-refractivity contribution is -0.111. The summed E-state index contributed by atoms with van der Waals surface area (Å²) in [5.74, 6) is -0.222. The number of hydrogen-bond acceptors (Lipinski definition) is 2. The molecular weight excluding hydrogens is 340 g/mol. The molecule has 2 rings (SSSR count). The third-order valence-electron chi connectivity index (χ3n) is 2.55. The first-order valence-corrected chi connectivity index (χ1v) is 7.01. The Bertz CT molecular complexity index is 653. The van der Waals surface area contributed by atoms with Gasteiger partial charge in [-0.1, -0.05) is 23.7 Å². The molecule has 0 aliphatic heterocycles. The largest absolute Gasteiger partial charge is 0.399 e. The molecule has 20 heavy (non-hydrogen) atoms. The van der Waals surface area contributed by atoms with Crippen molar-refractivity contribution in [3.05, 3.63) is 63.6 Å². The van der Waals surface area contributed by atoms with E-state index >= 15 is 0 Å². The molecule has 0 aliphatic carbocycles. The van der Waals surface area contributed by atoms with Gasteiger partial charge in [0, 0.05) is 21.9 Å². The van der Waals surface area contributed by atoms with Crippen molar-refractivity contribution in [2.45, 2.75) is 0 Å². The van der Waals surface area contributed by atoms with Crippen LogP contribution in [0, 0.1) is 0 Å². The number of amides is 1. The van der Waals surface area contributed by atoms with Gasteiger partial charge in [0.15, 0.2) is 0 Å². The van der Waals surface area contributed by atoms with Gasteiger partial charge >= 0.3 is 0 Å². The van der Waals surface area contributed by atoms with Crippen LogP contribution in [-0.4, -0.2) is 5.91 Å². The number of anilines is 2. The fourth-order valence-corrected chi connectivity index (χ4v) is 1.96. The predicted octanol–water partition coefficient (Wildman–Crippen LogP) is 4.34. The second kappa shape index (κ2) is 6.59. The first kappa shape index (κ1) is 14.6. The smallest absolute Gasteiger partial charge is 0.248 e. The molecule has 0 bridgehead atoms. The molecule has 102 valence electrons. The number of nitrogens with one attached hydrogen (secondary N) is 1. The number of halogens is 2. The van der Waals surface area contributed by atoms with Crippen molar-refractivity contribution < 1.29 is 4.79 Å². The van der Waals surface area contributed by atoms with Gasteiger partial charge < -0.3 is 11.1 Å². The minimum absolute atomic E-state index is 0.222. The van der Waals surface area contributed by atoms with E-state index in [0.29, 0.717) is 16.4 Å². The van der Waals surface area contributed by atoms with E-state index in [4.69, 9.17) is 17.3 Å². The zero-order chi connectivity index (χ0) is 14.5. The number of benzene rings is 2. The van der Waals surface area contributed by atoms with Gasteiger partial charge in [0.2, 0.25) is 5.91 Å². The lowest BCUT2D eigenvalue weighted by Crippen LogP contribution is -2.07. The molecule has 2 aromatic rings. The van der Waals surface area contributed by atoms with E-state index in [1.54, 1.807) is 36.4 Å². The van der Waals surface area contributed by atoms with Crippen LogP contribution in [0.2, 0.25) is 5.02 Å². The molecule has 0 saturated heterocycles. The molecule has 0 saturated carbocycles. The molecule has 0 aromatic heterocycles. The summed E-state index contributed by atoms with van der Waals surface area (Å²) in [6.45, 7) is 0. The average molecular weight is 352 g/mol. The maximum absolute atomic E-state index is 11.8. The third kappa shape index (κ3) is 4.11. The van der Waals surface area contributed by atoms with E-state index < -0.39 is 0 Å². The molecule has 0 fully saturated rings. The van der Waals surface area contributed by atoms with Crippen LogP contribution < -0.4 is 11.1 Å². The molecule has 2 aromatic carbocycles. The molecule has 0 radical (unpaired) electrons. The summed E-state index contributed by atoms with van der Waals surface area (Å²) in [5.41, 5.74) is 7.83. The van der Waals surface area contributed by atoms with Crippen molar-refractivity contribution >= 4 is 50.9 Å². The van der Waals surface area contributed by atoms with Gasteiger partial charge in [-0.15, -0.1) is 0 Å². The Morgan fingerprint density at radius 1 is 1.20 bits per heavy atom. The standard InChI is InChI=1S/C15H12BrClN2O/c16-13-7-6-12(9-14(13)17)19-15(20)8-3-10-1-4-11(18)5-2-10/h1-9H,18H2,(H,19,20)/b8-3+. The molecule has 0 unspecified atom stereocenters. The van der Waals surface area contributed by atoms with E-state index in [1.807, 2.05) is 12.1 Å². The minimum Gasteiger partial charge on any atom is -0.399 e. The normalized spacial score (nSPS) is 10.7. The van der Waals surface area contributed by atoms with Crippen LogP contribution in [0.15, 0.2) is 53.0 Å². The Kier molecular flexibility index (Phi) is 4.82. The van der Waals surface area contributed by atoms with Gasteiger partial charge in [-0.3, -0.25) is 4.79 Å². The third-order valence-corrected chi connectivity index (χ3v) is 3.78. The van der Waals surface area contributed by atoms with Crippen molar-refractivity contribution in [2.75, 3.05) is 11.1 Å². The number of nitrogens with two attached hydrogens (primary N) is 1. The first-order chi connectivity index (χ1) is 9.54. The number of nitrogen functional groups attached to an aromatic ring is 1. The van der Waals surface area contributed by atoms with Gasteiger partial charge in [0.05, 0.1) is 5.02 Å². The lowest BCUT2D eigenvalue weighted by atomic mass is 10.2. The maximum Gasteiger partial charge on any atom is 0.248 e. The average Bonchev–Trinajstić information content (AvgIpc) is 2.42. The summed E-state index contributed by atoms with van der Waals surface area (Å²) >= 11 is 9.25. The minimum atomic E-state index is -0.222. The van der Waals surface area contributed by atoms with E-state index in [2.05, 4.69) is 21.2 Å². The SMILES string of the molecule is Nc1ccc(/C=C/C(=O)Nc2ccc(Br)c(Cl)c2)cc1. The van der Waals surface area contributed by atoms with Crippen LogP contribution in [0.25, 0.3) is 6.08 Å². The van der Waals surface area contributed by atoms with Gasteiger partial charge in [0.1, 0.15) is 0 Å². The lowest BCUT2D eigenvalue weighted by Gasteiger charge is -2.03. The van der Waals surface area contributed by atoms with Crippen LogP contribution >= 0.6 is 27.5 Å². The van der Waals surface area contributed by atoms with Crippen molar-refractivity contribution in [1.82, 2.24) is 0 Å². The van der Waals surface area contributed by atoms with Gasteiger partial charge in [-0.05, 0) is 57.9 Å². The maximum atomic E-state index is 11.8. The Labute approximate surface area is 130 Å². The Hall–Kier alpha value is -1.78. The number of hydrogen-bond donors (Lipinski definition) is 2. The summed E-state index contributed by atoms with van der Waals surface area (Å²) in [7, 11) is 0. The van der Waals surface area contributed by atoms with Gasteiger partial charge in [-0.2, -0.15) is 0 Å². The summed E-state index contributed by atoms with van der Waals surface area (Å²) in [5, 5.41) is 3.28. The van der Waals surface area contributed by atoms with E-state index in [1.165, 1.54) is 6.08 Å². The number of rotatable bonds is 3. The molecule has 1 amide bonds. The quantitative estimate of drug-likeness (QED) is 0.638. The zero-order valence-electron chi connectivity index (χ0n) is 10.4. The Morgan fingerprint density at radius 3 is 2.55 bits per heavy atom. The highest BCUT2D eigenvalue weighted by atomic mass is 79.9. The molecule has 3 nitrogen and oxygen atoms in total. The van der Waals surface area contributed by atoms with Crippen molar-refractivity contribution in [1.29, 1.82) is 0 Å². The highest BCUT2D eigenvalue weighted by Gasteiger charge is 2.01. The summed E-state index contributed by atoms with van der Waals surface area (Å²) in [4.78, 5) is 11.8. The van der Waals surface area contributed by atoms with Crippen molar-refractivity contribution in [3.8, 4) is 0 Å². The second-order valence-corrected chi connectivity index (χ2v) is 5.38. The highest BCUT2D eigenvalue weighted by molar-refractivity contribution is 9.10. The summed E-state index contributed by atoms with van der Waals surface area (Å²) in [6, 6.07) is 12.5. The number of carbonyl (C=O) groups excluding carboxylic acids is 1. The molecule has 0 aliphatic rings. The molecule has 0 heterocycles. The van der Waals surface area contributed by atoms with Crippen LogP contribution in [0.4, 0.5) is 11.4 Å². The van der Waals surface area contributed by atoms with Crippen LogP contribution in [0.3, 0.4) is 0 Å². The van der Waals surface area contributed by atoms with Crippen LogP contribution in [0.1, 0.15) is 5.56 Å². The molecule has 0 atom stereocenters. The number of carbonyl (C=O) groups is 1. The predicted molar refractivity (Wildman–Crippen MR) is 87.7 cm³/mol. The second-order valence-electron chi connectivity index (χ2n) is 4.12. The zero-order valence-corrected chi connectivity index (χ0v) is 12.8. The van der Waals surface area contributed by atoms with Crippen molar-refractivity contribution in [2.24, 2.45) is 0 Å². The van der Waals surface area contributed by atoms with E-state index in [0.717, 1.165) is 10.0 Å². The van der Waals surface area contributed by atoms with E-state index in [-0.39, 0.29) is 5.91 Å². The topological polar surface area (TPSA) is 55.1 Å². The van der Waals surface area contributed by atoms with E-state index in [9.17, 15) is 4.79 Å². The summed E-state index contributed by atoms with van der Waals surface area (Å²) < 4.78 is 0.787. The first-order valence-electron chi connectivity index (χ1n) is 5.84. The molecular formula is C15H12BrClN2O. The Morgan fingerprint density at radius 2 is 1.90 bits per heavy atom. The van der Waals surface area contributed by atoms with Crippen LogP contribution in [-0.2, 0) is 4.79 Å². The van der Waals surface area contributed by atoms with Crippen LogP contribution in [0.5, 0.6) is 0 Å². The van der Waals surface area contributed by atoms with Crippen molar-refractivity contribution in [3.63, 3.8) is 0 Å². The highest BCUT2D eigenvalue weighted by Crippen LogP contribution is 2.25. The Balaban J connectivity index is 2.01. The monoisotopic (exact) mass is 350 g/mol.